The Bertz CT molecular complexity index is 1290. The summed E-state index contributed by atoms with van der Waals surface area (Å²) in [5, 5.41) is 12.5. The van der Waals surface area contributed by atoms with Crippen molar-refractivity contribution in [2.75, 3.05) is 10.0 Å². The monoisotopic (exact) mass is 518 g/mol. The molecule has 4 N–H and O–H groups in total. The van der Waals surface area contributed by atoms with Crippen molar-refractivity contribution >= 4 is 44.2 Å². The van der Waals surface area contributed by atoms with Gasteiger partial charge in [0.05, 0.1) is 22.8 Å². The number of rotatable bonds is 9. The van der Waals surface area contributed by atoms with Gasteiger partial charge in [-0.25, -0.2) is 9.37 Å². The summed E-state index contributed by atoms with van der Waals surface area (Å²) >= 11 is 3.30. The summed E-state index contributed by atoms with van der Waals surface area (Å²) in [7, 11) is -4.31. The van der Waals surface area contributed by atoms with E-state index < -0.39 is 10.3 Å². The molecule has 0 bridgehead atoms. The van der Waals surface area contributed by atoms with E-state index in [9.17, 15) is 12.8 Å². The van der Waals surface area contributed by atoms with Crippen LogP contribution in [0, 0.1) is 11.7 Å². The average molecular weight is 519 g/mol. The quantitative estimate of drug-likeness (QED) is 0.292. The van der Waals surface area contributed by atoms with Crippen LogP contribution in [0.1, 0.15) is 18.4 Å². The number of halogens is 1. The number of hydrogen-bond acceptors (Lipinski definition) is 7. The molecule has 2 atom stereocenters. The van der Waals surface area contributed by atoms with Crippen LogP contribution in [-0.2, 0) is 16.7 Å². The molecule has 34 heavy (non-hydrogen) atoms. The zero-order chi connectivity index (χ0) is 23.7. The number of nitrogens with zero attached hydrogens (tertiary/aromatic N) is 1. The molecule has 2 heterocycles. The lowest BCUT2D eigenvalue weighted by atomic mass is 10.0. The highest BCUT2D eigenvalue weighted by molar-refractivity contribution is 8.03. The summed E-state index contributed by atoms with van der Waals surface area (Å²) in [4.78, 5) is 4.70. The molecular weight excluding hydrogens is 495 g/mol. The highest BCUT2D eigenvalue weighted by Crippen LogP contribution is 2.42. The van der Waals surface area contributed by atoms with Gasteiger partial charge in [-0.05, 0) is 72.6 Å². The van der Waals surface area contributed by atoms with Gasteiger partial charge in [0.2, 0.25) is 0 Å². The minimum atomic E-state index is -4.31. The molecule has 5 rings (SSSR count). The maximum absolute atomic E-state index is 13.3. The smallest absolute Gasteiger partial charge is 0.357 e. The Morgan fingerprint density at radius 3 is 2.56 bits per heavy atom. The first-order valence-corrected chi connectivity index (χ1v) is 14.0. The van der Waals surface area contributed by atoms with Crippen LogP contribution < -0.4 is 15.4 Å². The van der Waals surface area contributed by atoms with E-state index in [2.05, 4.69) is 20.8 Å². The van der Waals surface area contributed by atoms with Crippen LogP contribution in [0.2, 0.25) is 0 Å². The second kappa shape index (κ2) is 9.57. The molecule has 1 fully saturated rings. The van der Waals surface area contributed by atoms with E-state index in [0.717, 1.165) is 27.6 Å². The molecule has 178 valence electrons. The summed E-state index contributed by atoms with van der Waals surface area (Å²) in [5.74, 6) is 0.423. The van der Waals surface area contributed by atoms with Crippen LogP contribution in [0.25, 0.3) is 11.3 Å². The molecule has 1 aliphatic carbocycles. The molecular formula is C23H23FN4O3S3. The first-order chi connectivity index (χ1) is 16.3. The molecule has 1 saturated carbocycles. The van der Waals surface area contributed by atoms with Crippen LogP contribution in [0.3, 0.4) is 0 Å². The second-order valence-corrected chi connectivity index (χ2v) is 11.4. The van der Waals surface area contributed by atoms with Crippen LogP contribution in [-0.4, -0.2) is 29.4 Å². The largest absolute Gasteiger partial charge is 0.374 e. The molecule has 1 unspecified atom stereocenters. The zero-order valence-corrected chi connectivity index (χ0v) is 20.4. The summed E-state index contributed by atoms with van der Waals surface area (Å²) in [5.41, 5.74) is 4.02. The molecule has 0 amide bonds. The lowest BCUT2D eigenvalue weighted by Crippen LogP contribution is -2.34. The zero-order valence-electron chi connectivity index (χ0n) is 17.9. The van der Waals surface area contributed by atoms with Gasteiger partial charge < -0.3 is 10.6 Å². The van der Waals surface area contributed by atoms with Gasteiger partial charge in [0.1, 0.15) is 5.82 Å². The van der Waals surface area contributed by atoms with Gasteiger partial charge in [0.25, 0.3) is 0 Å². The van der Waals surface area contributed by atoms with E-state index in [0.29, 0.717) is 23.4 Å². The fourth-order valence-electron chi connectivity index (χ4n) is 3.76. The number of thioether (sulfide) groups is 1. The molecule has 0 spiro atoms. The SMILES string of the molecule is O=S(=O)(O)Nc1ccc(C[C@H](Nc2nc(-c3ccc(F)cc3)cs2)C2=CSC(C3CC3)N2)cc1. The summed E-state index contributed by atoms with van der Waals surface area (Å²) < 4.78 is 46.4. The molecule has 3 aromatic rings. The maximum atomic E-state index is 13.3. The fourth-order valence-corrected chi connectivity index (χ4v) is 6.20. The van der Waals surface area contributed by atoms with E-state index in [-0.39, 0.29) is 11.9 Å². The number of hydrogen-bond donors (Lipinski definition) is 4. The van der Waals surface area contributed by atoms with Gasteiger partial charge >= 0.3 is 10.3 Å². The van der Waals surface area contributed by atoms with Crippen molar-refractivity contribution in [2.45, 2.75) is 30.7 Å². The van der Waals surface area contributed by atoms with Gasteiger partial charge in [-0.3, -0.25) is 9.27 Å². The molecule has 7 nitrogen and oxygen atoms in total. The molecule has 2 aliphatic rings. The topological polar surface area (TPSA) is 103 Å². The van der Waals surface area contributed by atoms with Crippen molar-refractivity contribution < 1.29 is 17.4 Å². The number of nitrogens with one attached hydrogen (secondary N) is 3. The highest BCUT2D eigenvalue weighted by Gasteiger charge is 2.35. The van der Waals surface area contributed by atoms with E-state index in [4.69, 9.17) is 9.54 Å². The van der Waals surface area contributed by atoms with Crippen molar-refractivity contribution in [3.05, 3.63) is 76.4 Å². The Kier molecular flexibility index (Phi) is 6.52. The summed E-state index contributed by atoms with van der Waals surface area (Å²) in [6.45, 7) is 0. The standard InChI is InChI=1S/C23H23FN4O3S3/c24-17-7-5-15(6-8-17)20-12-33-23(27-20)26-19(21-13-32-22(25-21)16-3-4-16)11-14-1-9-18(10-2-14)28-34(29,30)31/h1-2,5-10,12-13,16,19,22,25,28H,3-4,11H2,(H,26,27)(H,29,30,31)/t19-,22?/m0/s1. The highest BCUT2D eigenvalue weighted by atomic mass is 32.2. The normalized spacial score (nSPS) is 18.8. The first kappa shape index (κ1) is 23.2. The number of thiazole rings is 1. The lowest BCUT2D eigenvalue weighted by Gasteiger charge is -2.22. The fraction of sp³-hybridized carbons (Fsp3) is 0.261. The Morgan fingerprint density at radius 1 is 1.15 bits per heavy atom. The lowest BCUT2D eigenvalue weighted by molar-refractivity contribution is 0.489. The number of anilines is 2. The first-order valence-electron chi connectivity index (χ1n) is 10.8. The number of benzene rings is 2. The van der Waals surface area contributed by atoms with Crippen LogP contribution in [0.5, 0.6) is 0 Å². The van der Waals surface area contributed by atoms with Crippen molar-refractivity contribution in [3.8, 4) is 11.3 Å². The van der Waals surface area contributed by atoms with Gasteiger partial charge in [0, 0.05) is 16.6 Å². The Balaban J connectivity index is 1.33. The van der Waals surface area contributed by atoms with Gasteiger partial charge in [-0.2, -0.15) is 8.42 Å². The van der Waals surface area contributed by atoms with E-state index in [1.165, 1.54) is 36.3 Å². The Labute approximate surface area is 205 Å². The van der Waals surface area contributed by atoms with Crippen LogP contribution >= 0.6 is 23.1 Å². The van der Waals surface area contributed by atoms with Crippen molar-refractivity contribution in [1.82, 2.24) is 10.3 Å². The van der Waals surface area contributed by atoms with Crippen molar-refractivity contribution in [2.24, 2.45) is 5.92 Å². The molecule has 0 radical (unpaired) electrons. The summed E-state index contributed by atoms with van der Waals surface area (Å²) in [6, 6.07) is 13.1. The predicted octanol–water partition coefficient (Wildman–Crippen LogP) is 5.10. The van der Waals surface area contributed by atoms with Crippen LogP contribution in [0.4, 0.5) is 15.2 Å². The van der Waals surface area contributed by atoms with Crippen molar-refractivity contribution in [1.29, 1.82) is 0 Å². The second-order valence-electron chi connectivity index (χ2n) is 8.33. The molecule has 11 heteroatoms. The van der Waals surface area contributed by atoms with Gasteiger partial charge in [-0.15, -0.1) is 23.1 Å². The van der Waals surface area contributed by atoms with E-state index in [1.54, 1.807) is 24.3 Å². The third-order valence-corrected chi connectivity index (χ3v) is 8.11. The van der Waals surface area contributed by atoms with Crippen molar-refractivity contribution in [3.63, 3.8) is 0 Å². The maximum Gasteiger partial charge on any atom is 0.357 e. The van der Waals surface area contributed by atoms with E-state index in [1.807, 2.05) is 29.3 Å². The predicted molar refractivity (Wildman–Crippen MR) is 136 cm³/mol. The Hall–Kier alpha value is -2.60. The minimum Gasteiger partial charge on any atom is -0.374 e. The molecule has 0 saturated heterocycles. The number of aromatic nitrogens is 1. The third-order valence-electron chi connectivity index (χ3n) is 5.66. The molecule has 1 aliphatic heterocycles. The molecule has 1 aromatic heterocycles. The average Bonchev–Trinajstić information content (AvgIpc) is 3.34. The van der Waals surface area contributed by atoms with E-state index >= 15 is 0 Å². The molecule has 2 aromatic carbocycles. The van der Waals surface area contributed by atoms with Crippen LogP contribution in [0.15, 0.2) is 65.0 Å². The van der Waals surface area contributed by atoms with Gasteiger partial charge in [0.15, 0.2) is 5.13 Å². The summed E-state index contributed by atoms with van der Waals surface area (Å²) in [6.07, 6.45) is 3.15. The third kappa shape index (κ3) is 5.90. The minimum absolute atomic E-state index is 0.0659. The van der Waals surface area contributed by atoms with Gasteiger partial charge in [-0.1, -0.05) is 12.1 Å². The Morgan fingerprint density at radius 2 is 1.88 bits per heavy atom.